The lowest BCUT2D eigenvalue weighted by molar-refractivity contribution is 0.0792. The molecule has 1 fully saturated rings. The van der Waals surface area contributed by atoms with Crippen LogP contribution in [0.25, 0.3) is 0 Å². The van der Waals surface area contributed by atoms with Crippen molar-refractivity contribution >= 4 is 5.91 Å². The number of hydrogen-bond acceptors (Lipinski definition) is 2. The molecule has 19 heavy (non-hydrogen) atoms. The lowest BCUT2D eigenvalue weighted by Crippen LogP contribution is -2.28. The Bertz CT molecular complexity index is 531. The number of aryl methyl sites for hydroxylation is 1. The predicted octanol–water partition coefficient (Wildman–Crippen LogP) is 1.96. The van der Waals surface area contributed by atoms with Crippen molar-refractivity contribution in [3.05, 3.63) is 34.9 Å². The van der Waals surface area contributed by atoms with Gasteiger partial charge in [0.25, 0.3) is 5.91 Å². The predicted molar refractivity (Wildman–Crippen MR) is 74.9 cm³/mol. The molecule has 0 aromatic heterocycles. The van der Waals surface area contributed by atoms with Gasteiger partial charge in [0.05, 0.1) is 0 Å². The van der Waals surface area contributed by atoms with Gasteiger partial charge in [-0.25, -0.2) is 0 Å². The van der Waals surface area contributed by atoms with Crippen molar-refractivity contribution in [2.45, 2.75) is 32.8 Å². The maximum atomic E-state index is 12.3. The first-order valence-electron chi connectivity index (χ1n) is 6.67. The van der Waals surface area contributed by atoms with E-state index in [1.807, 2.05) is 30.0 Å². The van der Waals surface area contributed by atoms with Gasteiger partial charge in [0.2, 0.25) is 0 Å². The van der Waals surface area contributed by atoms with E-state index in [2.05, 4.69) is 11.8 Å². The maximum Gasteiger partial charge on any atom is 0.254 e. The smallest absolute Gasteiger partial charge is 0.254 e. The number of benzene rings is 1. The third kappa shape index (κ3) is 3.36. The minimum absolute atomic E-state index is 0.116. The fraction of sp³-hybridized carbons (Fsp3) is 0.438. The van der Waals surface area contributed by atoms with Gasteiger partial charge in [-0.05, 0) is 50.5 Å². The quantitative estimate of drug-likeness (QED) is 0.781. The molecule has 0 bridgehead atoms. The van der Waals surface area contributed by atoms with Crippen LogP contribution in [-0.4, -0.2) is 35.1 Å². The van der Waals surface area contributed by atoms with Gasteiger partial charge >= 0.3 is 0 Å². The Hall–Kier alpha value is -1.79. The average Bonchev–Trinajstić information content (AvgIpc) is 2.89. The zero-order chi connectivity index (χ0) is 13.8. The van der Waals surface area contributed by atoms with Gasteiger partial charge in [0, 0.05) is 24.2 Å². The first kappa shape index (κ1) is 13.6. The van der Waals surface area contributed by atoms with Gasteiger partial charge < -0.3 is 10.0 Å². The standard InChI is InChI=1S/C16H19NO2/c1-12-11-14(6-5-13(2)18)7-8-15(12)16(19)17-9-3-4-10-17/h7-8,11,13,18H,3-4,9-10H2,1-2H3. The summed E-state index contributed by atoms with van der Waals surface area (Å²) < 4.78 is 0. The molecular weight excluding hydrogens is 238 g/mol. The van der Waals surface area contributed by atoms with E-state index in [1.165, 1.54) is 0 Å². The average molecular weight is 257 g/mol. The summed E-state index contributed by atoms with van der Waals surface area (Å²) in [6.45, 7) is 5.28. The minimum Gasteiger partial charge on any atom is -0.381 e. The minimum atomic E-state index is -0.633. The van der Waals surface area contributed by atoms with E-state index < -0.39 is 6.10 Å². The van der Waals surface area contributed by atoms with Crippen LogP contribution in [0.4, 0.5) is 0 Å². The summed E-state index contributed by atoms with van der Waals surface area (Å²) in [5.74, 6) is 5.71. The highest BCUT2D eigenvalue weighted by Gasteiger charge is 2.20. The number of hydrogen-bond donors (Lipinski definition) is 1. The third-order valence-corrected chi connectivity index (χ3v) is 3.28. The van der Waals surface area contributed by atoms with Crippen LogP contribution in [0.1, 0.15) is 41.3 Å². The number of carbonyl (C=O) groups excluding carboxylic acids is 1. The fourth-order valence-corrected chi connectivity index (χ4v) is 2.26. The van der Waals surface area contributed by atoms with Gasteiger partial charge in [-0.2, -0.15) is 0 Å². The van der Waals surface area contributed by atoms with Crippen LogP contribution in [0, 0.1) is 18.8 Å². The molecular formula is C16H19NO2. The van der Waals surface area contributed by atoms with E-state index in [9.17, 15) is 4.79 Å². The zero-order valence-corrected chi connectivity index (χ0v) is 11.4. The Morgan fingerprint density at radius 3 is 2.63 bits per heavy atom. The largest absolute Gasteiger partial charge is 0.381 e. The number of rotatable bonds is 1. The molecule has 1 amide bonds. The number of carbonyl (C=O) groups is 1. The van der Waals surface area contributed by atoms with Crippen LogP contribution < -0.4 is 0 Å². The summed E-state index contributed by atoms with van der Waals surface area (Å²) in [4.78, 5) is 14.2. The molecule has 0 saturated carbocycles. The van der Waals surface area contributed by atoms with Gasteiger partial charge in [0.15, 0.2) is 0 Å². The molecule has 2 rings (SSSR count). The van der Waals surface area contributed by atoms with E-state index in [-0.39, 0.29) is 5.91 Å². The Balaban J connectivity index is 2.20. The van der Waals surface area contributed by atoms with Crippen LogP contribution >= 0.6 is 0 Å². The first-order valence-corrected chi connectivity index (χ1v) is 6.67. The molecule has 100 valence electrons. The molecule has 0 aliphatic carbocycles. The second-order valence-electron chi connectivity index (χ2n) is 4.97. The number of aliphatic hydroxyl groups is 1. The topological polar surface area (TPSA) is 40.5 Å². The molecule has 3 heteroatoms. The molecule has 0 radical (unpaired) electrons. The molecule has 3 nitrogen and oxygen atoms in total. The Morgan fingerprint density at radius 1 is 1.37 bits per heavy atom. The molecule has 1 unspecified atom stereocenters. The van der Waals surface area contributed by atoms with Crippen molar-refractivity contribution in [1.82, 2.24) is 4.90 Å². The molecule has 1 aliphatic heterocycles. The van der Waals surface area contributed by atoms with Gasteiger partial charge in [-0.15, -0.1) is 0 Å². The van der Waals surface area contributed by atoms with E-state index >= 15 is 0 Å². The summed E-state index contributed by atoms with van der Waals surface area (Å²) in [5, 5.41) is 9.13. The molecule has 1 atom stereocenters. The number of nitrogens with zero attached hydrogens (tertiary/aromatic N) is 1. The van der Waals surface area contributed by atoms with Gasteiger partial charge in [-0.3, -0.25) is 4.79 Å². The SMILES string of the molecule is Cc1cc(C#CC(C)O)ccc1C(=O)N1CCCC1. The van der Waals surface area contributed by atoms with Crippen molar-refractivity contribution in [2.75, 3.05) is 13.1 Å². The maximum absolute atomic E-state index is 12.3. The van der Waals surface area contributed by atoms with Crippen LogP contribution in [0.2, 0.25) is 0 Å². The Morgan fingerprint density at radius 2 is 2.05 bits per heavy atom. The molecule has 1 aliphatic rings. The van der Waals surface area contributed by atoms with Crippen molar-refractivity contribution < 1.29 is 9.90 Å². The van der Waals surface area contributed by atoms with Crippen LogP contribution in [-0.2, 0) is 0 Å². The molecule has 1 aromatic carbocycles. The number of aliphatic hydroxyl groups excluding tert-OH is 1. The van der Waals surface area contributed by atoms with E-state index in [1.54, 1.807) is 6.92 Å². The highest BCUT2D eigenvalue weighted by Crippen LogP contribution is 2.17. The fourth-order valence-electron chi connectivity index (χ4n) is 2.26. The van der Waals surface area contributed by atoms with Crippen molar-refractivity contribution in [3.8, 4) is 11.8 Å². The molecule has 1 saturated heterocycles. The summed E-state index contributed by atoms with van der Waals surface area (Å²) in [5.41, 5.74) is 2.52. The van der Waals surface area contributed by atoms with Gasteiger partial charge in [0.1, 0.15) is 6.10 Å². The van der Waals surface area contributed by atoms with Gasteiger partial charge in [-0.1, -0.05) is 11.8 Å². The van der Waals surface area contributed by atoms with Crippen LogP contribution in [0.5, 0.6) is 0 Å². The van der Waals surface area contributed by atoms with Crippen LogP contribution in [0.15, 0.2) is 18.2 Å². The Labute approximate surface area is 114 Å². The van der Waals surface area contributed by atoms with E-state index in [4.69, 9.17) is 5.11 Å². The van der Waals surface area contributed by atoms with Crippen molar-refractivity contribution in [1.29, 1.82) is 0 Å². The highest BCUT2D eigenvalue weighted by molar-refractivity contribution is 5.96. The molecule has 1 aromatic rings. The van der Waals surface area contributed by atoms with Crippen LogP contribution in [0.3, 0.4) is 0 Å². The molecule has 0 spiro atoms. The second kappa shape index (κ2) is 5.90. The first-order chi connectivity index (χ1) is 9.08. The highest BCUT2D eigenvalue weighted by atomic mass is 16.3. The normalized spacial score (nSPS) is 15.8. The zero-order valence-electron chi connectivity index (χ0n) is 11.4. The van der Waals surface area contributed by atoms with Crippen molar-refractivity contribution in [3.63, 3.8) is 0 Å². The summed E-state index contributed by atoms with van der Waals surface area (Å²) in [6.07, 6.45) is 1.57. The third-order valence-electron chi connectivity index (χ3n) is 3.28. The van der Waals surface area contributed by atoms with E-state index in [0.29, 0.717) is 0 Å². The number of amides is 1. The summed E-state index contributed by atoms with van der Waals surface area (Å²) in [7, 11) is 0. The lowest BCUT2D eigenvalue weighted by Gasteiger charge is -2.16. The van der Waals surface area contributed by atoms with E-state index in [0.717, 1.165) is 42.6 Å². The lowest BCUT2D eigenvalue weighted by atomic mass is 10.0. The summed E-state index contributed by atoms with van der Waals surface area (Å²) >= 11 is 0. The number of likely N-dealkylation sites (tertiary alicyclic amines) is 1. The van der Waals surface area contributed by atoms with Crippen molar-refractivity contribution in [2.24, 2.45) is 0 Å². The monoisotopic (exact) mass is 257 g/mol. The second-order valence-corrected chi connectivity index (χ2v) is 4.97. The Kier molecular flexibility index (Phi) is 4.24. The summed E-state index contributed by atoms with van der Waals surface area (Å²) in [6, 6.07) is 5.58. The molecule has 1 N–H and O–H groups in total. The molecule has 1 heterocycles.